The van der Waals surface area contributed by atoms with Crippen LogP contribution in [0.4, 0.5) is 0 Å². The molecule has 2 fully saturated rings. The average Bonchev–Trinajstić information content (AvgIpc) is 2.94. The molecule has 0 aliphatic heterocycles. The van der Waals surface area contributed by atoms with Crippen LogP contribution in [0, 0.1) is 11.8 Å². The Morgan fingerprint density at radius 2 is 2.08 bits per heavy atom. The summed E-state index contributed by atoms with van der Waals surface area (Å²) in [6.07, 6.45) is 5.92. The van der Waals surface area contributed by atoms with Crippen LogP contribution in [0.5, 0.6) is 0 Å². The van der Waals surface area contributed by atoms with Gasteiger partial charge in [0.25, 0.3) is 0 Å². The Labute approximate surface area is 79.1 Å². The zero-order valence-corrected chi connectivity index (χ0v) is 7.96. The molecule has 0 spiro atoms. The van der Waals surface area contributed by atoms with Crippen LogP contribution in [0.15, 0.2) is 0 Å². The molecule has 1 unspecified atom stereocenters. The second kappa shape index (κ2) is 3.66. The van der Waals surface area contributed by atoms with E-state index in [0.717, 1.165) is 25.2 Å². The van der Waals surface area contributed by atoms with E-state index >= 15 is 0 Å². The molecule has 0 aromatic carbocycles. The van der Waals surface area contributed by atoms with Crippen molar-refractivity contribution < 1.29 is 4.79 Å². The Hall–Kier alpha value is -0.570. The first-order valence-corrected chi connectivity index (χ1v) is 5.30. The third kappa shape index (κ3) is 2.69. The molecule has 74 valence electrons. The zero-order chi connectivity index (χ0) is 9.26. The first kappa shape index (κ1) is 9.00. The standard InChI is InChI=1S/C10H18N2O/c11-6-8(5-7-1-2-7)10(13)12-9-3-4-9/h7-9H,1-6,11H2,(H,12,13). The molecule has 2 aliphatic carbocycles. The van der Waals surface area contributed by atoms with Gasteiger partial charge in [0.15, 0.2) is 0 Å². The van der Waals surface area contributed by atoms with Crippen molar-refractivity contribution in [1.29, 1.82) is 0 Å². The highest BCUT2D eigenvalue weighted by Gasteiger charge is 2.31. The fourth-order valence-electron chi connectivity index (χ4n) is 1.61. The van der Waals surface area contributed by atoms with Crippen LogP contribution in [-0.4, -0.2) is 18.5 Å². The van der Waals surface area contributed by atoms with Gasteiger partial charge in [-0.25, -0.2) is 0 Å². The molecule has 2 aliphatic rings. The summed E-state index contributed by atoms with van der Waals surface area (Å²) in [4.78, 5) is 11.6. The summed E-state index contributed by atoms with van der Waals surface area (Å²) in [6.45, 7) is 0.509. The second-order valence-corrected chi connectivity index (χ2v) is 4.39. The largest absolute Gasteiger partial charge is 0.353 e. The summed E-state index contributed by atoms with van der Waals surface area (Å²) in [6, 6.07) is 0.473. The summed E-state index contributed by atoms with van der Waals surface area (Å²) >= 11 is 0. The quantitative estimate of drug-likeness (QED) is 0.655. The molecular weight excluding hydrogens is 164 g/mol. The molecule has 1 atom stereocenters. The summed E-state index contributed by atoms with van der Waals surface area (Å²) in [5.74, 6) is 1.06. The fraction of sp³-hybridized carbons (Fsp3) is 0.900. The predicted octanol–water partition coefficient (Wildman–Crippen LogP) is 0.640. The zero-order valence-electron chi connectivity index (χ0n) is 7.96. The van der Waals surface area contributed by atoms with Crippen LogP contribution < -0.4 is 11.1 Å². The number of hydrogen-bond acceptors (Lipinski definition) is 2. The minimum absolute atomic E-state index is 0.0769. The molecule has 0 radical (unpaired) electrons. The monoisotopic (exact) mass is 182 g/mol. The van der Waals surface area contributed by atoms with E-state index in [0.29, 0.717) is 12.6 Å². The normalized spacial score (nSPS) is 24.1. The number of amides is 1. The molecule has 2 saturated carbocycles. The topological polar surface area (TPSA) is 55.1 Å². The van der Waals surface area contributed by atoms with Gasteiger partial charge in [0.1, 0.15) is 0 Å². The van der Waals surface area contributed by atoms with Crippen molar-refractivity contribution in [3.63, 3.8) is 0 Å². The smallest absolute Gasteiger partial charge is 0.224 e. The van der Waals surface area contributed by atoms with Crippen molar-refractivity contribution in [1.82, 2.24) is 5.32 Å². The van der Waals surface area contributed by atoms with E-state index in [4.69, 9.17) is 5.73 Å². The lowest BCUT2D eigenvalue weighted by atomic mass is 10.0. The second-order valence-electron chi connectivity index (χ2n) is 4.39. The van der Waals surface area contributed by atoms with Crippen LogP contribution in [0.1, 0.15) is 32.1 Å². The molecule has 0 aromatic rings. The van der Waals surface area contributed by atoms with Crippen molar-refractivity contribution >= 4 is 5.91 Å². The SMILES string of the molecule is NCC(CC1CC1)C(=O)NC1CC1. The minimum atomic E-state index is 0.0769. The average molecular weight is 182 g/mol. The number of nitrogens with one attached hydrogen (secondary N) is 1. The van der Waals surface area contributed by atoms with Gasteiger partial charge in [0.2, 0.25) is 5.91 Å². The van der Waals surface area contributed by atoms with Crippen molar-refractivity contribution in [3.8, 4) is 0 Å². The molecule has 0 saturated heterocycles. The highest BCUT2D eigenvalue weighted by Crippen LogP contribution is 2.35. The van der Waals surface area contributed by atoms with E-state index in [2.05, 4.69) is 5.32 Å². The summed E-state index contributed by atoms with van der Waals surface area (Å²) in [7, 11) is 0. The fourth-order valence-corrected chi connectivity index (χ4v) is 1.61. The summed E-state index contributed by atoms with van der Waals surface area (Å²) in [5, 5.41) is 3.02. The van der Waals surface area contributed by atoms with E-state index < -0.39 is 0 Å². The van der Waals surface area contributed by atoms with E-state index in [1.807, 2.05) is 0 Å². The predicted molar refractivity (Wildman–Crippen MR) is 51.1 cm³/mol. The Balaban J connectivity index is 1.74. The van der Waals surface area contributed by atoms with Crippen LogP contribution in [0.3, 0.4) is 0 Å². The van der Waals surface area contributed by atoms with Crippen LogP contribution in [0.25, 0.3) is 0 Å². The highest BCUT2D eigenvalue weighted by atomic mass is 16.2. The van der Waals surface area contributed by atoms with E-state index in [9.17, 15) is 4.79 Å². The van der Waals surface area contributed by atoms with Crippen molar-refractivity contribution in [2.24, 2.45) is 17.6 Å². The number of nitrogens with two attached hydrogens (primary N) is 1. The molecule has 3 nitrogen and oxygen atoms in total. The molecule has 0 heterocycles. The summed E-state index contributed by atoms with van der Waals surface area (Å²) < 4.78 is 0. The molecular formula is C10H18N2O. The van der Waals surface area contributed by atoms with Gasteiger partial charge < -0.3 is 11.1 Å². The molecule has 3 N–H and O–H groups in total. The number of carbonyl (C=O) groups is 1. The molecule has 3 heteroatoms. The number of carbonyl (C=O) groups excluding carboxylic acids is 1. The van der Waals surface area contributed by atoms with Crippen molar-refractivity contribution in [2.45, 2.75) is 38.1 Å². The van der Waals surface area contributed by atoms with Crippen LogP contribution in [0.2, 0.25) is 0 Å². The summed E-state index contributed by atoms with van der Waals surface area (Å²) in [5.41, 5.74) is 5.59. The Bertz CT molecular complexity index is 197. The van der Waals surface area contributed by atoms with Crippen LogP contribution >= 0.6 is 0 Å². The van der Waals surface area contributed by atoms with Gasteiger partial charge in [0.05, 0.1) is 5.92 Å². The van der Waals surface area contributed by atoms with Crippen molar-refractivity contribution in [2.75, 3.05) is 6.54 Å². The lowest BCUT2D eigenvalue weighted by Gasteiger charge is -2.13. The van der Waals surface area contributed by atoms with E-state index in [1.54, 1.807) is 0 Å². The van der Waals surface area contributed by atoms with Gasteiger partial charge in [-0.1, -0.05) is 12.8 Å². The lowest BCUT2D eigenvalue weighted by molar-refractivity contribution is -0.125. The maximum atomic E-state index is 11.6. The minimum Gasteiger partial charge on any atom is -0.353 e. The Kier molecular flexibility index (Phi) is 2.54. The third-order valence-corrected chi connectivity index (χ3v) is 2.89. The molecule has 0 aromatic heterocycles. The maximum Gasteiger partial charge on any atom is 0.224 e. The van der Waals surface area contributed by atoms with Crippen molar-refractivity contribution in [3.05, 3.63) is 0 Å². The maximum absolute atomic E-state index is 11.6. The van der Waals surface area contributed by atoms with Crippen LogP contribution in [-0.2, 0) is 4.79 Å². The third-order valence-electron chi connectivity index (χ3n) is 2.89. The lowest BCUT2D eigenvalue weighted by Crippen LogP contribution is -2.36. The van der Waals surface area contributed by atoms with Gasteiger partial charge in [-0.3, -0.25) is 4.79 Å². The van der Waals surface area contributed by atoms with E-state index in [-0.39, 0.29) is 11.8 Å². The number of rotatable bonds is 5. The molecule has 0 bridgehead atoms. The molecule has 2 rings (SSSR count). The number of hydrogen-bond donors (Lipinski definition) is 2. The van der Waals surface area contributed by atoms with Gasteiger partial charge in [0, 0.05) is 12.6 Å². The highest BCUT2D eigenvalue weighted by molar-refractivity contribution is 5.79. The Morgan fingerprint density at radius 1 is 1.38 bits per heavy atom. The van der Waals surface area contributed by atoms with Gasteiger partial charge >= 0.3 is 0 Å². The van der Waals surface area contributed by atoms with Gasteiger partial charge in [-0.2, -0.15) is 0 Å². The first-order valence-electron chi connectivity index (χ1n) is 5.30. The van der Waals surface area contributed by atoms with E-state index in [1.165, 1.54) is 12.8 Å². The van der Waals surface area contributed by atoms with Gasteiger partial charge in [-0.05, 0) is 25.2 Å². The Morgan fingerprint density at radius 3 is 2.54 bits per heavy atom. The molecule has 13 heavy (non-hydrogen) atoms. The first-order chi connectivity index (χ1) is 6.29. The molecule has 1 amide bonds. The van der Waals surface area contributed by atoms with Gasteiger partial charge in [-0.15, -0.1) is 0 Å².